The Labute approximate surface area is 212 Å². The summed E-state index contributed by atoms with van der Waals surface area (Å²) in [6, 6.07) is 8.96. The van der Waals surface area contributed by atoms with Gasteiger partial charge in [0.25, 0.3) is 5.91 Å². The molecule has 1 aromatic heterocycles. The van der Waals surface area contributed by atoms with E-state index in [9.17, 15) is 9.59 Å². The van der Waals surface area contributed by atoms with Gasteiger partial charge < -0.3 is 26.0 Å². The van der Waals surface area contributed by atoms with Gasteiger partial charge in [0.05, 0.1) is 5.56 Å². The van der Waals surface area contributed by atoms with E-state index in [1.54, 1.807) is 0 Å². The van der Waals surface area contributed by atoms with Gasteiger partial charge in [-0.05, 0) is 68.4 Å². The van der Waals surface area contributed by atoms with Gasteiger partial charge in [0.1, 0.15) is 17.4 Å². The van der Waals surface area contributed by atoms with Gasteiger partial charge >= 0.3 is 6.03 Å². The number of hydrogen-bond donors (Lipinski definition) is 4. The first-order chi connectivity index (χ1) is 16.0. The highest BCUT2D eigenvalue weighted by molar-refractivity contribution is 7.20. The molecule has 34 heavy (non-hydrogen) atoms. The zero-order valence-electron chi connectivity index (χ0n) is 19.9. The lowest BCUT2D eigenvalue weighted by Crippen LogP contribution is -2.41. The third kappa shape index (κ3) is 8.16. The molecule has 0 spiro atoms. The number of amides is 3. The van der Waals surface area contributed by atoms with Crippen LogP contribution in [0.25, 0.3) is 10.4 Å². The predicted octanol–water partition coefficient (Wildman–Crippen LogP) is 3.92. The van der Waals surface area contributed by atoms with E-state index in [0.717, 1.165) is 68.2 Å². The van der Waals surface area contributed by atoms with E-state index < -0.39 is 6.03 Å². The molecule has 0 bridgehead atoms. The molecular weight excluding hydrogens is 474 g/mol. The van der Waals surface area contributed by atoms with Crippen LogP contribution in [-0.2, 0) is 0 Å². The maximum absolute atomic E-state index is 13.0. The molecule has 8 nitrogen and oxygen atoms in total. The number of ether oxygens (including phenoxy) is 1. The molecule has 10 heteroatoms. The van der Waals surface area contributed by atoms with Gasteiger partial charge in [-0.1, -0.05) is 20.3 Å². The average molecular weight is 510 g/mol. The lowest BCUT2D eigenvalue weighted by atomic mass is 10.1. The summed E-state index contributed by atoms with van der Waals surface area (Å²) in [7, 11) is 0. The number of nitrogens with two attached hydrogens (primary N) is 1. The fraction of sp³-hybridized carbons (Fsp3) is 0.500. The molecule has 3 rings (SSSR count). The van der Waals surface area contributed by atoms with Gasteiger partial charge in [-0.3, -0.25) is 10.1 Å². The van der Waals surface area contributed by atoms with Gasteiger partial charge in [0.15, 0.2) is 0 Å². The quantitative estimate of drug-likeness (QED) is 0.388. The largest absolute Gasteiger partial charge is 0.492 e. The minimum absolute atomic E-state index is 0. The van der Waals surface area contributed by atoms with E-state index in [-0.39, 0.29) is 24.4 Å². The first kappa shape index (κ1) is 27.9. The van der Waals surface area contributed by atoms with Crippen molar-refractivity contribution in [3.8, 4) is 16.2 Å². The van der Waals surface area contributed by atoms with E-state index in [4.69, 9.17) is 10.5 Å². The minimum Gasteiger partial charge on any atom is -0.492 e. The number of urea groups is 1. The molecule has 2 aromatic rings. The van der Waals surface area contributed by atoms with Crippen molar-refractivity contribution in [2.24, 2.45) is 5.73 Å². The van der Waals surface area contributed by atoms with Crippen molar-refractivity contribution in [3.63, 3.8) is 0 Å². The van der Waals surface area contributed by atoms with Crippen LogP contribution < -0.4 is 26.4 Å². The number of nitrogens with one attached hydrogen (secondary N) is 3. The highest BCUT2D eigenvalue weighted by Crippen LogP contribution is 2.36. The van der Waals surface area contributed by atoms with Crippen LogP contribution in [0.15, 0.2) is 30.3 Å². The molecule has 0 unspecified atom stereocenters. The van der Waals surface area contributed by atoms with Crippen LogP contribution in [0.2, 0.25) is 0 Å². The molecule has 1 saturated heterocycles. The molecular formula is C24H36ClN5O3S. The molecule has 1 aliphatic rings. The second-order valence-corrected chi connectivity index (χ2v) is 9.16. The Kier molecular flexibility index (Phi) is 11.6. The number of hydrogen-bond acceptors (Lipinski definition) is 6. The summed E-state index contributed by atoms with van der Waals surface area (Å²) < 4.78 is 5.86. The monoisotopic (exact) mass is 509 g/mol. The van der Waals surface area contributed by atoms with E-state index in [0.29, 0.717) is 17.2 Å². The number of primary amides is 1. The zero-order chi connectivity index (χ0) is 23.6. The van der Waals surface area contributed by atoms with Crippen LogP contribution in [-0.4, -0.2) is 62.2 Å². The van der Waals surface area contributed by atoms with Crippen LogP contribution in [0.3, 0.4) is 0 Å². The fourth-order valence-electron chi connectivity index (χ4n) is 3.86. The molecule has 188 valence electrons. The van der Waals surface area contributed by atoms with E-state index in [1.807, 2.05) is 30.3 Å². The SMILES string of the molecule is CCN(CC)CCOc1ccc(-c2cc(C(=O)N[C@H]3CCCCNC3)c(NC(N)=O)s2)cc1.Cl. The van der Waals surface area contributed by atoms with Crippen LogP contribution in [0.5, 0.6) is 5.75 Å². The Morgan fingerprint density at radius 2 is 1.94 bits per heavy atom. The first-order valence-corrected chi connectivity index (χ1v) is 12.5. The Balaban J connectivity index is 0.00000408. The number of rotatable bonds is 10. The molecule has 2 heterocycles. The Hall–Kier alpha value is -2.33. The molecule has 1 aliphatic heterocycles. The van der Waals surface area contributed by atoms with Crippen LogP contribution in [0, 0.1) is 0 Å². The number of benzene rings is 1. The highest BCUT2D eigenvalue weighted by atomic mass is 35.5. The number of carbonyl (C=O) groups excluding carboxylic acids is 2. The minimum atomic E-state index is -0.689. The van der Waals surface area contributed by atoms with Gasteiger partial charge in [-0.2, -0.15) is 0 Å². The van der Waals surface area contributed by atoms with Crippen molar-refractivity contribution in [1.82, 2.24) is 15.5 Å². The van der Waals surface area contributed by atoms with E-state index in [2.05, 4.69) is 34.7 Å². The van der Waals surface area contributed by atoms with Crippen LogP contribution in [0.1, 0.15) is 43.5 Å². The van der Waals surface area contributed by atoms with Crippen LogP contribution >= 0.6 is 23.7 Å². The lowest BCUT2D eigenvalue weighted by Gasteiger charge is -2.18. The molecule has 0 aliphatic carbocycles. The molecule has 0 saturated carbocycles. The molecule has 3 amide bonds. The summed E-state index contributed by atoms with van der Waals surface area (Å²) in [6.45, 7) is 9.53. The summed E-state index contributed by atoms with van der Waals surface area (Å²) in [5.41, 5.74) is 6.72. The number of thiophene rings is 1. The second-order valence-electron chi connectivity index (χ2n) is 8.11. The molecule has 1 fully saturated rings. The average Bonchev–Trinajstić information content (AvgIpc) is 3.04. The normalized spacial score (nSPS) is 15.8. The molecule has 1 aromatic carbocycles. The topological polar surface area (TPSA) is 109 Å². The Morgan fingerprint density at radius 1 is 1.21 bits per heavy atom. The zero-order valence-corrected chi connectivity index (χ0v) is 21.5. The number of carbonyl (C=O) groups is 2. The molecule has 0 radical (unpaired) electrons. The predicted molar refractivity (Wildman–Crippen MR) is 141 cm³/mol. The highest BCUT2D eigenvalue weighted by Gasteiger charge is 2.21. The number of halogens is 1. The summed E-state index contributed by atoms with van der Waals surface area (Å²) in [4.78, 5) is 27.7. The Morgan fingerprint density at radius 3 is 2.62 bits per heavy atom. The van der Waals surface area contributed by atoms with Gasteiger partial charge in [0, 0.05) is 24.0 Å². The molecule has 5 N–H and O–H groups in total. The van der Waals surface area contributed by atoms with E-state index >= 15 is 0 Å². The van der Waals surface area contributed by atoms with Crippen molar-refractivity contribution in [1.29, 1.82) is 0 Å². The maximum Gasteiger partial charge on any atom is 0.317 e. The van der Waals surface area contributed by atoms with Crippen molar-refractivity contribution < 1.29 is 14.3 Å². The van der Waals surface area contributed by atoms with Crippen molar-refractivity contribution >= 4 is 40.7 Å². The number of anilines is 1. The third-order valence-corrected chi connectivity index (χ3v) is 6.90. The lowest BCUT2D eigenvalue weighted by molar-refractivity contribution is 0.0937. The summed E-state index contributed by atoms with van der Waals surface area (Å²) in [5, 5.41) is 9.50. The standard InChI is InChI=1S/C24H35N5O3S.ClH/c1-3-29(4-2)13-14-32-19-10-8-17(9-11-19)21-15-20(23(33-21)28-24(25)31)22(30)27-18-7-5-6-12-26-16-18;/h8-11,15,18,26H,3-7,12-14,16H2,1-2H3,(H,27,30)(H3,25,28,31);1H/t18-;/m0./s1. The smallest absolute Gasteiger partial charge is 0.317 e. The van der Waals surface area contributed by atoms with E-state index in [1.165, 1.54) is 11.3 Å². The Bertz CT molecular complexity index is 910. The summed E-state index contributed by atoms with van der Waals surface area (Å²) in [6.07, 6.45) is 3.12. The van der Waals surface area contributed by atoms with Gasteiger partial charge in [-0.15, -0.1) is 23.7 Å². The first-order valence-electron chi connectivity index (χ1n) is 11.7. The van der Waals surface area contributed by atoms with Gasteiger partial charge in [-0.25, -0.2) is 4.79 Å². The number of nitrogens with zero attached hydrogens (tertiary/aromatic N) is 1. The van der Waals surface area contributed by atoms with Crippen molar-refractivity contribution in [2.75, 3.05) is 44.6 Å². The summed E-state index contributed by atoms with van der Waals surface area (Å²) >= 11 is 1.33. The summed E-state index contributed by atoms with van der Waals surface area (Å²) in [5.74, 6) is 0.600. The molecule has 1 atom stereocenters. The second kappa shape index (κ2) is 14.2. The van der Waals surface area contributed by atoms with Gasteiger partial charge in [0.2, 0.25) is 0 Å². The maximum atomic E-state index is 13.0. The van der Waals surface area contributed by atoms with Crippen LogP contribution in [0.4, 0.5) is 9.80 Å². The fourth-order valence-corrected chi connectivity index (χ4v) is 4.92. The number of likely N-dealkylation sites (N-methyl/N-ethyl adjacent to an activating group) is 1. The third-order valence-electron chi connectivity index (χ3n) is 5.81. The van der Waals surface area contributed by atoms with Crippen molar-refractivity contribution in [3.05, 3.63) is 35.9 Å². The van der Waals surface area contributed by atoms with Crippen molar-refractivity contribution in [2.45, 2.75) is 39.2 Å².